The van der Waals surface area contributed by atoms with Crippen LogP contribution in [0.5, 0.6) is 11.6 Å². The highest BCUT2D eigenvalue weighted by molar-refractivity contribution is 5.29. The van der Waals surface area contributed by atoms with Crippen LogP contribution in [0.25, 0.3) is 0 Å². The Morgan fingerprint density at radius 1 is 1.42 bits per heavy atom. The molecule has 0 aliphatic heterocycles. The molecular formula is C13H18N4O2. The second-order valence-corrected chi connectivity index (χ2v) is 4.09. The highest BCUT2D eigenvalue weighted by atomic mass is 16.5. The maximum Gasteiger partial charge on any atom is 0.223 e. The fourth-order valence-electron chi connectivity index (χ4n) is 1.61. The Bertz CT molecular complexity index is 513. The summed E-state index contributed by atoms with van der Waals surface area (Å²) in [5.41, 5.74) is 1.00. The number of rotatable bonds is 7. The van der Waals surface area contributed by atoms with E-state index in [1.165, 1.54) is 0 Å². The SMILES string of the molecule is COCCNCc1cccnc1Oc1cnn(C)c1. The van der Waals surface area contributed by atoms with E-state index < -0.39 is 0 Å². The molecule has 0 unspecified atom stereocenters. The van der Waals surface area contributed by atoms with Gasteiger partial charge in [-0.05, 0) is 6.07 Å². The molecule has 19 heavy (non-hydrogen) atoms. The Balaban J connectivity index is 1.99. The molecular weight excluding hydrogens is 244 g/mol. The van der Waals surface area contributed by atoms with E-state index in [1.807, 2.05) is 19.2 Å². The van der Waals surface area contributed by atoms with Gasteiger partial charge in [0.25, 0.3) is 0 Å². The highest BCUT2D eigenvalue weighted by Crippen LogP contribution is 2.21. The smallest absolute Gasteiger partial charge is 0.223 e. The minimum absolute atomic E-state index is 0.598. The molecule has 0 spiro atoms. The monoisotopic (exact) mass is 262 g/mol. The number of aryl methyl sites for hydroxylation is 1. The van der Waals surface area contributed by atoms with Gasteiger partial charge in [-0.15, -0.1) is 0 Å². The topological polar surface area (TPSA) is 61.2 Å². The maximum absolute atomic E-state index is 5.72. The molecule has 0 aliphatic carbocycles. The lowest BCUT2D eigenvalue weighted by molar-refractivity contribution is 0.199. The van der Waals surface area contributed by atoms with Crippen molar-refractivity contribution in [3.05, 3.63) is 36.3 Å². The van der Waals surface area contributed by atoms with E-state index >= 15 is 0 Å². The lowest BCUT2D eigenvalue weighted by Gasteiger charge is -2.09. The van der Waals surface area contributed by atoms with Crippen LogP contribution in [-0.4, -0.2) is 35.0 Å². The molecule has 6 heteroatoms. The molecule has 6 nitrogen and oxygen atoms in total. The molecule has 0 aromatic carbocycles. The Morgan fingerprint density at radius 2 is 2.32 bits per heavy atom. The summed E-state index contributed by atoms with van der Waals surface area (Å²) < 4.78 is 12.4. The number of aromatic nitrogens is 3. The van der Waals surface area contributed by atoms with Gasteiger partial charge in [-0.25, -0.2) is 4.98 Å². The number of hydrogen-bond acceptors (Lipinski definition) is 5. The molecule has 1 N–H and O–H groups in total. The van der Waals surface area contributed by atoms with Gasteiger partial charge in [0.2, 0.25) is 5.88 Å². The summed E-state index contributed by atoms with van der Waals surface area (Å²) in [4.78, 5) is 4.25. The summed E-state index contributed by atoms with van der Waals surface area (Å²) >= 11 is 0. The van der Waals surface area contributed by atoms with Crippen LogP contribution >= 0.6 is 0 Å². The Morgan fingerprint density at radius 3 is 3.05 bits per heavy atom. The van der Waals surface area contributed by atoms with E-state index in [1.54, 1.807) is 30.4 Å². The lowest BCUT2D eigenvalue weighted by Crippen LogP contribution is -2.19. The second kappa shape index (κ2) is 6.86. The van der Waals surface area contributed by atoms with E-state index in [-0.39, 0.29) is 0 Å². The molecule has 0 bridgehead atoms. The quantitative estimate of drug-likeness (QED) is 0.763. The molecule has 0 atom stereocenters. The van der Waals surface area contributed by atoms with Gasteiger partial charge in [0, 0.05) is 39.0 Å². The molecule has 0 amide bonds. The number of ether oxygens (including phenoxy) is 2. The minimum atomic E-state index is 0.598. The number of hydrogen-bond donors (Lipinski definition) is 1. The zero-order chi connectivity index (χ0) is 13.5. The normalized spacial score (nSPS) is 10.6. The molecule has 0 radical (unpaired) electrons. The Labute approximate surface area is 112 Å². The van der Waals surface area contributed by atoms with Crippen molar-refractivity contribution in [1.82, 2.24) is 20.1 Å². The summed E-state index contributed by atoms with van der Waals surface area (Å²) in [5.74, 6) is 1.28. The van der Waals surface area contributed by atoms with Crippen molar-refractivity contribution in [2.24, 2.45) is 7.05 Å². The van der Waals surface area contributed by atoms with Crippen molar-refractivity contribution in [2.75, 3.05) is 20.3 Å². The molecule has 2 aromatic heterocycles. The molecule has 0 saturated carbocycles. The van der Waals surface area contributed by atoms with Crippen LogP contribution in [0.2, 0.25) is 0 Å². The maximum atomic E-state index is 5.72. The summed E-state index contributed by atoms with van der Waals surface area (Å²) in [6.45, 7) is 2.16. The lowest BCUT2D eigenvalue weighted by atomic mass is 10.2. The third-order valence-electron chi connectivity index (χ3n) is 2.54. The number of nitrogens with zero attached hydrogens (tertiary/aromatic N) is 3. The first-order chi connectivity index (χ1) is 9.29. The first-order valence-electron chi connectivity index (χ1n) is 6.09. The Kier molecular flexibility index (Phi) is 4.88. The summed E-state index contributed by atoms with van der Waals surface area (Å²) in [5, 5.41) is 7.33. The van der Waals surface area contributed by atoms with Crippen LogP contribution in [0.3, 0.4) is 0 Å². The summed E-state index contributed by atoms with van der Waals surface area (Å²) in [7, 11) is 3.53. The number of methoxy groups -OCH3 is 1. The van der Waals surface area contributed by atoms with Crippen molar-refractivity contribution >= 4 is 0 Å². The van der Waals surface area contributed by atoms with Crippen molar-refractivity contribution in [3.8, 4) is 11.6 Å². The first-order valence-corrected chi connectivity index (χ1v) is 6.09. The number of nitrogens with one attached hydrogen (secondary N) is 1. The van der Waals surface area contributed by atoms with Crippen molar-refractivity contribution < 1.29 is 9.47 Å². The fraction of sp³-hybridized carbons (Fsp3) is 0.385. The molecule has 0 aliphatic rings. The van der Waals surface area contributed by atoms with E-state index in [4.69, 9.17) is 9.47 Å². The van der Waals surface area contributed by atoms with Crippen molar-refractivity contribution in [1.29, 1.82) is 0 Å². The number of pyridine rings is 1. The van der Waals surface area contributed by atoms with Gasteiger partial charge in [0.05, 0.1) is 19.0 Å². The predicted octanol–water partition coefficient (Wildman–Crippen LogP) is 1.34. The standard InChI is InChI=1S/C13H18N4O2/c1-17-10-12(9-16-17)19-13-11(4-3-5-15-13)8-14-6-7-18-2/h3-5,9-10,14H,6-8H2,1-2H3. The van der Waals surface area contributed by atoms with Crippen molar-refractivity contribution in [3.63, 3.8) is 0 Å². The third-order valence-corrected chi connectivity index (χ3v) is 2.54. The molecule has 2 heterocycles. The molecule has 0 saturated heterocycles. The predicted molar refractivity (Wildman–Crippen MR) is 71.1 cm³/mol. The molecule has 2 rings (SSSR count). The van der Waals surface area contributed by atoms with Gasteiger partial charge in [0.15, 0.2) is 5.75 Å². The minimum Gasteiger partial charge on any atom is -0.435 e. The average molecular weight is 262 g/mol. The first kappa shape index (κ1) is 13.5. The summed E-state index contributed by atoms with van der Waals surface area (Å²) in [6.07, 6.45) is 5.18. The van der Waals surface area contributed by atoms with Crippen LogP contribution in [-0.2, 0) is 18.3 Å². The fourth-order valence-corrected chi connectivity index (χ4v) is 1.61. The molecule has 2 aromatic rings. The molecule has 0 fully saturated rings. The van der Waals surface area contributed by atoms with E-state index in [0.717, 1.165) is 12.1 Å². The zero-order valence-corrected chi connectivity index (χ0v) is 11.2. The van der Waals surface area contributed by atoms with Crippen molar-refractivity contribution in [2.45, 2.75) is 6.54 Å². The van der Waals surface area contributed by atoms with Crippen LogP contribution in [0.4, 0.5) is 0 Å². The van der Waals surface area contributed by atoms with E-state index in [0.29, 0.717) is 24.8 Å². The van der Waals surface area contributed by atoms with Crippen LogP contribution in [0.15, 0.2) is 30.7 Å². The van der Waals surface area contributed by atoms with Gasteiger partial charge < -0.3 is 14.8 Å². The summed E-state index contributed by atoms with van der Waals surface area (Å²) in [6, 6.07) is 3.88. The average Bonchev–Trinajstić information content (AvgIpc) is 2.82. The zero-order valence-electron chi connectivity index (χ0n) is 11.2. The molecule has 102 valence electrons. The van der Waals surface area contributed by atoms with Gasteiger partial charge in [-0.3, -0.25) is 4.68 Å². The largest absolute Gasteiger partial charge is 0.435 e. The third kappa shape index (κ3) is 4.04. The van der Waals surface area contributed by atoms with Gasteiger partial charge >= 0.3 is 0 Å². The van der Waals surface area contributed by atoms with Crippen LogP contribution < -0.4 is 10.1 Å². The Hall–Kier alpha value is -1.92. The highest BCUT2D eigenvalue weighted by Gasteiger charge is 2.06. The second-order valence-electron chi connectivity index (χ2n) is 4.09. The van der Waals surface area contributed by atoms with Crippen LogP contribution in [0, 0.1) is 0 Å². The van der Waals surface area contributed by atoms with Gasteiger partial charge in [0.1, 0.15) is 0 Å². The van der Waals surface area contributed by atoms with E-state index in [2.05, 4.69) is 15.4 Å². The van der Waals surface area contributed by atoms with E-state index in [9.17, 15) is 0 Å². The van der Waals surface area contributed by atoms with Crippen LogP contribution in [0.1, 0.15) is 5.56 Å². The van der Waals surface area contributed by atoms with Gasteiger partial charge in [-0.1, -0.05) is 6.07 Å². The van der Waals surface area contributed by atoms with Gasteiger partial charge in [-0.2, -0.15) is 5.10 Å².